The van der Waals surface area contributed by atoms with Crippen molar-refractivity contribution in [2.75, 3.05) is 46.2 Å². The molecule has 0 bridgehead atoms. The number of likely N-dealkylation sites (N-methyl/N-ethyl adjacent to an activating group) is 2. The zero-order valence-electron chi connectivity index (χ0n) is 21.7. The number of nitrogens with two attached hydrogens (primary N) is 1. The number of esters is 1. The van der Waals surface area contributed by atoms with Crippen LogP contribution in [0, 0.1) is 11.8 Å². The highest BCUT2D eigenvalue weighted by Gasteiger charge is 2.28. The summed E-state index contributed by atoms with van der Waals surface area (Å²) in [6.45, 7) is 8.87. The van der Waals surface area contributed by atoms with Gasteiger partial charge in [-0.05, 0) is 44.8 Å². The maximum Gasteiger partial charge on any atom is 0.417 e. The standard InChI is InChI=1S/C24H42N4O6/c1-16(2)20(25)21(29)33-22(17(3)4)34-24(31)28(8)19-11-9-18(10-12-19)15-32-23(30)27(7)14-13-26(5)6/h9-12,16-17,20,22-23,30H,13-15,25H2,1-8H3/t20-,22?,23?/m0/s1. The van der Waals surface area contributed by atoms with Crippen molar-refractivity contribution in [1.82, 2.24) is 9.80 Å². The van der Waals surface area contributed by atoms with E-state index in [1.54, 1.807) is 57.1 Å². The van der Waals surface area contributed by atoms with E-state index in [1.165, 1.54) is 4.90 Å². The quantitative estimate of drug-likeness (QED) is 0.322. The van der Waals surface area contributed by atoms with E-state index < -0.39 is 30.8 Å². The van der Waals surface area contributed by atoms with Crippen LogP contribution in [0.1, 0.15) is 33.3 Å². The molecule has 10 heteroatoms. The van der Waals surface area contributed by atoms with E-state index in [1.807, 2.05) is 32.8 Å². The maximum absolute atomic E-state index is 12.6. The average Bonchev–Trinajstić information content (AvgIpc) is 2.79. The monoisotopic (exact) mass is 482 g/mol. The van der Waals surface area contributed by atoms with Crippen LogP contribution in [0.3, 0.4) is 0 Å². The second kappa shape index (κ2) is 14.2. The van der Waals surface area contributed by atoms with Gasteiger partial charge in [0.05, 0.1) is 6.61 Å². The molecule has 0 radical (unpaired) electrons. The van der Waals surface area contributed by atoms with Crippen LogP contribution >= 0.6 is 0 Å². The van der Waals surface area contributed by atoms with Gasteiger partial charge in [-0.25, -0.2) is 4.79 Å². The highest BCUT2D eigenvalue weighted by molar-refractivity contribution is 5.87. The van der Waals surface area contributed by atoms with Crippen molar-refractivity contribution in [3.8, 4) is 0 Å². The molecular formula is C24H42N4O6. The maximum atomic E-state index is 12.6. The van der Waals surface area contributed by atoms with Gasteiger partial charge in [0.1, 0.15) is 6.04 Å². The minimum absolute atomic E-state index is 0.0965. The van der Waals surface area contributed by atoms with Crippen molar-refractivity contribution in [1.29, 1.82) is 0 Å². The van der Waals surface area contributed by atoms with E-state index in [0.717, 1.165) is 12.1 Å². The van der Waals surface area contributed by atoms with Gasteiger partial charge in [-0.15, -0.1) is 0 Å². The van der Waals surface area contributed by atoms with Crippen molar-refractivity contribution in [2.24, 2.45) is 17.6 Å². The lowest BCUT2D eigenvalue weighted by Gasteiger charge is -2.26. The fraction of sp³-hybridized carbons (Fsp3) is 0.667. The largest absolute Gasteiger partial charge is 0.424 e. The number of aliphatic hydroxyl groups is 1. The van der Waals surface area contributed by atoms with Gasteiger partial charge in [-0.3, -0.25) is 14.6 Å². The van der Waals surface area contributed by atoms with E-state index in [-0.39, 0.29) is 18.4 Å². The molecule has 34 heavy (non-hydrogen) atoms. The highest BCUT2D eigenvalue weighted by Crippen LogP contribution is 2.18. The highest BCUT2D eigenvalue weighted by atomic mass is 16.7. The smallest absolute Gasteiger partial charge is 0.417 e. The normalized spacial score (nSPS) is 14.4. The molecule has 0 fully saturated rings. The summed E-state index contributed by atoms with van der Waals surface area (Å²) in [4.78, 5) is 29.9. The molecule has 0 aliphatic rings. The van der Waals surface area contributed by atoms with Gasteiger partial charge in [-0.1, -0.05) is 39.8 Å². The Morgan fingerprint density at radius 3 is 2.03 bits per heavy atom. The van der Waals surface area contributed by atoms with Crippen LogP contribution in [0.4, 0.5) is 10.5 Å². The topological polar surface area (TPSA) is 118 Å². The van der Waals surface area contributed by atoms with Crippen LogP contribution in [0.5, 0.6) is 0 Å². The fourth-order valence-electron chi connectivity index (χ4n) is 2.63. The Labute approximate surface area is 203 Å². The summed E-state index contributed by atoms with van der Waals surface area (Å²) >= 11 is 0. The van der Waals surface area contributed by atoms with Crippen molar-refractivity contribution in [3.63, 3.8) is 0 Å². The molecule has 2 unspecified atom stereocenters. The Morgan fingerprint density at radius 1 is 0.941 bits per heavy atom. The Kier molecular flexibility index (Phi) is 12.5. The second-order valence-electron chi connectivity index (χ2n) is 9.35. The number of benzene rings is 1. The summed E-state index contributed by atoms with van der Waals surface area (Å²) in [7, 11) is 7.28. The summed E-state index contributed by atoms with van der Waals surface area (Å²) < 4.78 is 16.3. The summed E-state index contributed by atoms with van der Waals surface area (Å²) in [5.41, 5.74) is 7.26. The molecule has 0 saturated heterocycles. The van der Waals surface area contributed by atoms with E-state index in [2.05, 4.69) is 0 Å². The third-order valence-electron chi connectivity index (χ3n) is 5.26. The second-order valence-corrected chi connectivity index (χ2v) is 9.35. The molecule has 3 atom stereocenters. The van der Waals surface area contributed by atoms with Crippen LogP contribution in [0.15, 0.2) is 24.3 Å². The van der Waals surface area contributed by atoms with Gasteiger partial charge in [0.15, 0.2) is 0 Å². The minimum Gasteiger partial charge on any atom is -0.424 e. The number of hydrogen-bond acceptors (Lipinski definition) is 9. The Morgan fingerprint density at radius 2 is 1.53 bits per heavy atom. The van der Waals surface area contributed by atoms with E-state index in [9.17, 15) is 14.7 Å². The molecule has 0 saturated carbocycles. The predicted octanol–water partition coefficient (Wildman–Crippen LogP) is 2.05. The average molecular weight is 483 g/mol. The molecule has 0 spiro atoms. The number of rotatable bonds is 13. The van der Waals surface area contributed by atoms with Gasteiger partial charge < -0.3 is 30.0 Å². The van der Waals surface area contributed by atoms with Gasteiger partial charge in [0, 0.05) is 31.7 Å². The molecule has 1 aromatic carbocycles. The molecule has 10 nitrogen and oxygen atoms in total. The lowest BCUT2D eigenvalue weighted by atomic mass is 10.1. The number of nitrogens with zero attached hydrogens (tertiary/aromatic N) is 3. The van der Waals surface area contributed by atoms with Crippen LogP contribution in [-0.4, -0.2) is 87.0 Å². The fourth-order valence-corrected chi connectivity index (χ4v) is 2.63. The van der Waals surface area contributed by atoms with Crippen molar-refractivity contribution in [2.45, 2.75) is 53.0 Å². The first kappa shape index (κ1) is 29.8. The summed E-state index contributed by atoms with van der Waals surface area (Å²) in [5.74, 6) is -0.953. The molecule has 0 aliphatic carbocycles. The first-order chi connectivity index (χ1) is 15.8. The predicted molar refractivity (Wildman–Crippen MR) is 131 cm³/mol. The lowest BCUT2D eigenvalue weighted by molar-refractivity contribution is -0.192. The summed E-state index contributed by atoms with van der Waals surface area (Å²) in [6, 6.07) is 6.29. The molecule has 1 amide bonds. The van der Waals surface area contributed by atoms with E-state index in [0.29, 0.717) is 12.2 Å². The molecule has 194 valence electrons. The zero-order valence-corrected chi connectivity index (χ0v) is 21.7. The van der Waals surface area contributed by atoms with E-state index in [4.69, 9.17) is 19.9 Å². The SMILES string of the molecule is CC(C)C(OC(=O)[C@@H](N)C(C)C)OC(=O)N(C)c1ccc(COC(O)N(C)CCN(C)C)cc1. The number of carbonyl (C=O) groups excluding carboxylic acids is 2. The molecule has 0 heterocycles. The lowest BCUT2D eigenvalue weighted by Crippen LogP contribution is -2.42. The van der Waals surface area contributed by atoms with Crippen LogP contribution in [0.2, 0.25) is 0 Å². The van der Waals surface area contributed by atoms with Crippen molar-refractivity contribution < 1.29 is 28.9 Å². The third-order valence-corrected chi connectivity index (χ3v) is 5.26. The Bertz CT molecular complexity index is 756. The molecule has 0 aromatic heterocycles. The molecule has 3 N–H and O–H groups in total. The first-order valence-electron chi connectivity index (χ1n) is 11.5. The van der Waals surface area contributed by atoms with Crippen LogP contribution in [-0.2, 0) is 25.6 Å². The zero-order chi connectivity index (χ0) is 26.0. The Hall–Kier alpha value is -2.24. The summed E-state index contributed by atoms with van der Waals surface area (Å²) in [6.07, 6.45) is -2.73. The Balaban J connectivity index is 2.66. The molecule has 1 rings (SSSR count). The molecule has 1 aromatic rings. The third kappa shape index (κ3) is 9.94. The number of carbonyl (C=O) groups is 2. The summed E-state index contributed by atoms with van der Waals surface area (Å²) in [5, 5.41) is 10.1. The van der Waals surface area contributed by atoms with Crippen molar-refractivity contribution in [3.05, 3.63) is 29.8 Å². The van der Waals surface area contributed by atoms with Crippen molar-refractivity contribution >= 4 is 17.7 Å². The van der Waals surface area contributed by atoms with Gasteiger partial charge in [-0.2, -0.15) is 0 Å². The van der Waals surface area contributed by atoms with E-state index >= 15 is 0 Å². The molecule has 0 aliphatic heterocycles. The number of ether oxygens (including phenoxy) is 3. The van der Waals surface area contributed by atoms with Crippen LogP contribution < -0.4 is 10.6 Å². The van der Waals surface area contributed by atoms with Gasteiger partial charge >= 0.3 is 12.1 Å². The number of hydrogen-bond donors (Lipinski definition) is 2. The number of amides is 1. The molecular weight excluding hydrogens is 440 g/mol. The minimum atomic E-state index is -1.05. The number of aliphatic hydroxyl groups excluding tert-OH is 1. The van der Waals surface area contributed by atoms with Gasteiger partial charge in [0.2, 0.25) is 6.41 Å². The van der Waals surface area contributed by atoms with Gasteiger partial charge in [0.25, 0.3) is 6.29 Å². The number of anilines is 1. The van der Waals surface area contributed by atoms with Crippen LogP contribution in [0.25, 0.3) is 0 Å². The first-order valence-corrected chi connectivity index (χ1v) is 11.5.